The predicted octanol–water partition coefficient (Wildman–Crippen LogP) is 2.27. The number of aliphatic hydroxyl groups excluding tert-OH is 1. The van der Waals surface area contributed by atoms with E-state index in [1.54, 1.807) is 27.6 Å². The zero-order valence-corrected chi connectivity index (χ0v) is 20.9. The molecule has 1 atom stereocenters. The Morgan fingerprint density at radius 3 is 2.66 bits per heavy atom. The summed E-state index contributed by atoms with van der Waals surface area (Å²) in [5, 5.41) is 14.4. The molecule has 11 heteroatoms. The number of aliphatic hydroxyl groups is 1. The lowest BCUT2D eigenvalue weighted by atomic mass is 9.97. The first-order chi connectivity index (χ1) is 16.6. The van der Waals surface area contributed by atoms with Gasteiger partial charge in [0.1, 0.15) is 5.82 Å². The fraction of sp³-hybridized carbons (Fsp3) is 0.458. The van der Waals surface area contributed by atoms with Gasteiger partial charge in [-0.3, -0.25) is 9.52 Å². The number of nitrogens with one attached hydrogen (secondary N) is 1. The summed E-state index contributed by atoms with van der Waals surface area (Å²) >= 11 is 0. The van der Waals surface area contributed by atoms with E-state index in [0.717, 1.165) is 48.2 Å². The van der Waals surface area contributed by atoms with Gasteiger partial charge in [0.2, 0.25) is 10.0 Å². The Hall–Kier alpha value is -3.18. The normalized spacial score (nSPS) is 19.1. The van der Waals surface area contributed by atoms with Crippen LogP contribution >= 0.6 is 0 Å². The lowest BCUT2D eigenvalue weighted by molar-refractivity contribution is 0.0606. The number of sulfonamides is 1. The largest absolute Gasteiger partial charge is 0.389 e. The monoisotopic (exact) mass is 498 g/mol. The second-order valence-corrected chi connectivity index (χ2v) is 11.4. The van der Waals surface area contributed by atoms with E-state index < -0.39 is 10.0 Å². The van der Waals surface area contributed by atoms with Crippen molar-refractivity contribution in [3.63, 3.8) is 0 Å². The van der Waals surface area contributed by atoms with Crippen LogP contribution in [0.3, 0.4) is 0 Å². The van der Waals surface area contributed by atoms with E-state index in [0.29, 0.717) is 30.8 Å². The summed E-state index contributed by atoms with van der Waals surface area (Å²) in [7, 11) is -3.54. The van der Waals surface area contributed by atoms with Gasteiger partial charge in [-0.2, -0.15) is 5.10 Å². The number of nitrogens with zero attached hydrogens (tertiary/aromatic N) is 5. The molecule has 0 saturated carbocycles. The molecule has 35 heavy (non-hydrogen) atoms. The average molecular weight is 499 g/mol. The number of hydrogen-bond donors (Lipinski definition) is 2. The Morgan fingerprint density at radius 2 is 1.94 bits per heavy atom. The second-order valence-electron chi connectivity index (χ2n) is 9.61. The molecule has 1 amide bonds. The maximum atomic E-state index is 13.7. The number of aryl methyl sites for hydroxylation is 2. The Labute approximate surface area is 204 Å². The van der Waals surface area contributed by atoms with Crippen molar-refractivity contribution in [2.24, 2.45) is 0 Å². The molecule has 2 aliphatic heterocycles. The molecule has 2 aliphatic rings. The van der Waals surface area contributed by atoms with E-state index in [4.69, 9.17) is 10.1 Å². The first kappa shape index (κ1) is 23.6. The molecule has 2 fully saturated rings. The molecule has 4 heterocycles. The van der Waals surface area contributed by atoms with E-state index >= 15 is 0 Å². The lowest BCUT2D eigenvalue weighted by Crippen LogP contribution is -2.51. The zero-order chi connectivity index (χ0) is 24.9. The van der Waals surface area contributed by atoms with Crippen LogP contribution in [0.15, 0.2) is 30.5 Å². The van der Waals surface area contributed by atoms with Gasteiger partial charge in [-0.1, -0.05) is 11.6 Å². The smallest absolute Gasteiger partial charge is 0.256 e. The first-order valence-corrected chi connectivity index (χ1v) is 13.7. The van der Waals surface area contributed by atoms with E-state index in [1.165, 1.54) is 0 Å². The Kier molecular flexibility index (Phi) is 5.92. The Balaban J connectivity index is 1.49. The van der Waals surface area contributed by atoms with Crippen molar-refractivity contribution in [3.05, 3.63) is 52.8 Å². The quantitative estimate of drug-likeness (QED) is 0.554. The van der Waals surface area contributed by atoms with Gasteiger partial charge in [0.15, 0.2) is 5.65 Å². The van der Waals surface area contributed by atoms with Gasteiger partial charge in [0, 0.05) is 37.5 Å². The maximum Gasteiger partial charge on any atom is 0.256 e. The number of likely N-dealkylation sites (tertiary alicyclic amines) is 1. The summed E-state index contributed by atoms with van der Waals surface area (Å²) < 4.78 is 28.0. The number of piperidine rings is 1. The number of rotatable bonds is 5. The highest BCUT2D eigenvalue weighted by Gasteiger charge is 2.33. The number of carbonyl (C=O) groups is 1. The Bertz CT molecular complexity index is 1400. The van der Waals surface area contributed by atoms with Crippen LogP contribution in [0.2, 0.25) is 0 Å². The summed E-state index contributed by atoms with van der Waals surface area (Å²) in [5.74, 6) is 0.614. The molecule has 0 bridgehead atoms. The minimum atomic E-state index is -3.54. The minimum absolute atomic E-state index is 0.221. The fourth-order valence-electron chi connectivity index (χ4n) is 4.89. The number of benzene rings is 1. The van der Waals surface area contributed by atoms with Crippen molar-refractivity contribution in [1.29, 1.82) is 0 Å². The molecule has 186 valence electrons. The van der Waals surface area contributed by atoms with Crippen LogP contribution in [-0.4, -0.2) is 70.9 Å². The third kappa shape index (κ3) is 4.70. The number of anilines is 2. The highest BCUT2D eigenvalue weighted by Crippen LogP contribution is 2.34. The van der Waals surface area contributed by atoms with E-state index in [9.17, 15) is 18.3 Å². The third-order valence-corrected chi connectivity index (χ3v) is 7.18. The SMILES string of the molecule is Cc1ccc(NS(C)(=O)=O)c(C(=O)N2CCCC[C@H]2c2cc3nc(N4CC(O)C4)c(C)cn3n2)c1. The number of β-amino-alcohol motifs (C(OH)–C–C–N with tert-alkyl or cyclic N) is 1. The summed E-state index contributed by atoms with van der Waals surface area (Å²) in [6.07, 6.45) is 5.28. The Morgan fingerprint density at radius 1 is 1.17 bits per heavy atom. The molecule has 0 aliphatic carbocycles. The van der Waals surface area contributed by atoms with Crippen LogP contribution in [0.5, 0.6) is 0 Å². The molecule has 2 aromatic heterocycles. The van der Waals surface area contributed by atoms with Crippen molar-refractivity contribution in [2.45, 2.75) is 45.3 Å². The van der Waals surface area contributed by atoms with Crippen LogP contribution in [0.1, 0.15) is 52.5 Å². The highest BCUT2D eigenvalue weighted by molar-refractivity contribution is 7.92. The standard InChI is InChI=1S/C24H30N6O4S/c1-15-7-8-19(27-35(3,33)34)18(10-15)24(32)29-9-5-4-6-21(29)20-11-22-25-23(28-13-17(31)14-28)16(2)12-30(22)26-20/h7-8,10-12,17,21,27,31H,4-6,9,13-14H2,1-3H3/t21-/m0/s1. The molecule has 1 aromatic carbocycles. The predicted molar refractivity (Wildman–Crippen MR) is 133 cm³/mol. The molecule has 0 radical (unpaired) electrons. The van der Waals surface area contributed by atoms with E-state index in [-0.39, 0.29) is 23.7 Å². The van der Waals surface area contributed by atoms with Gasteiger partial charge >= 0.3 is 0 Å². The minimum Gasteiger partial charge on any atom is -0.389 e. The van der Waals surface area contributed by atoms with Crippen molar-refractivity contribution < 1.29 is 18.3 Å². The summed E-state index contributed by atoms with van der Waals surface area (Å²) in [6.45, 7) is 5.54. The molecule has 10 nitrogen and oxygen atoms in total. The summed E-state index contributed by atoms with van der Waals surface area (Å²) in [5.41, 5.74) is 3.90. The molecule has 0 spiro atoms. The van der Waals surface area contributed by atoms with Crippen molar-refractivity contribution >= 4 is 33.1 Å². The van der Waals surface area contributed by atoms with Crippen LogP contribution in [0.4, 0.5) is 11.5 Å². The third-order valence-electron chi connectivity index (χ3n) is 6.59. The topological polar surface area (TPSA) is 120 Å². The van der Waals surface area contributed by atoms with Gasteiger partial charge < -0.3 is 14.9 Å². The zero-order valence-electron chi connectivity index (χ0n) is 20.1. The number of hydrogen-bond acceptors (Lipinski definition) is 7. The van der Waals surface area contributed by atoms with Crippen LogP contribution in [0.25, 0.3) is 5.65 Å². The molecule has 3 aromatic rings. The molecule has 0 unspecified atom stereocenters. The van der Waals surface area contributed by atoms with Crippen LogP contribution in [-0.2, 0) is 10.0 Å². The van der Waals surface area contributed by atoms with Crippen molar-refractivity contribution in [2.75, 3.05) is 35.5 Å². The molecule has 2 N–H and O–H groups in total. The van der Waals surface area contributed by atoms with Crippen LogP contribution < -0.4 is 9.62 Å². The lowest BCUT2D eigenvalue weighted by Gasteiger charge is -2.37. The second kappa shape index (κ2) is 8.80. The van der Waals surface area contributed by atoms with E-state index in [2.05, 4.69) is 4.72 Å². The van der Waals surface area contributed by atoms with Crippen LogP contribution in [0, 0.1) is 13.8 Å². The van der Waals surface area contributed by atoms with Gasteiger partial charge in [-0.25, -0.2) is 17.9 Å². The number of fused-ring (bicyclic) bond motifs is 1. The van der Waals surface area contributed by atoms with Gasteiger partial charge in [-0.15, -0.1) is 0 Å². The summed E-state index contributed by atoms with van der Waals surface area (Å²) in [4.78, 5) is 22.4. The molecule has 5 rings (SSSR count). The van der Waals surface area contributed by atoms with Gasteiger partial charge in [0.05, 0.1) is 35.3 Å². The number of carbonyl (C=O) groups excluding carboxylic acids is 1. The molecular formula is C24H30N6O4S. The molecule has 2 saturated heterocycles. The number of amides is 1. The van der Waals surface area contributed by atoms with E-state index in [1.807, 2.05) is 31.0 Å². The van der Waals surface area contributed by atoms with Crippen molar-refractivity contribution in [3.8, 4) is 0 Å². The van der Waals surface area contributed by atoms with Gasteiger partial charge in [-0.05, 0) is 45.2 Å². The van der Waals surface area contributed by atoms with Crippen molar-refractivity contribution in [1.82, 2.24) is 19.5 Å². The highest BCUT2D eigenvalue weighted by atomic mass is 32.2. The first-order valence-electron chi connectivity index (χ1n) is 11.8. The molecular weight excluding hydrogens is 468 g/mol. The fourth-order valence-corrected chi connectivity index (χ4v) is 5.47. The number of aromatic nitrogens is 3. The van der Waals surface area contributed by atoms with Gasteiger partial charge in [0.25, 0.3) is 5.91 Å². The maximum absolute atomic E-state index is 13.7. The summed E-state index contributed by atoms with van der Waals surface area (Å²) in [6, 6.07) is 6.82. The average Bonchev–Trinajstić information content (AvgIpc) is 3.19.